The first kappa shape index (κ1) is 12.6. The molecule has 4 heteroatoms. The lowest BCUT2D eigenvalue weighted by molar-refractivity contribution is 0.412. The summed E-state index contributed by atoms with van der Waals surface area (Å²) in [4.78, 5) is 4.12. The number of aromatic nitrogens is 1. The normalized spacial score (nSPS) is 10.6. The number of pyridine rings is 1. The van der Waals surface area contributed by atoms with E-state index in [1.54, 1.807) is 19.5 Å². The first-order chi connectivity index (χ1) is 8.83. The molecule has 96 valence electrons. The number of hydrogen-bond donors (Lipinski definition) is 1. The van der Waals surface area contributed by atoms with Crippen molar-refractivity contribution in [2.45, 2.75) is 19.9 Å². The van der Waals surface area contributed by atoms with Crippen molar-refractivity contribution in [3.8, 4) is 17.1 Å². The van der Waals surface area contributed by atoms with Gasteiger partial charge in [-0.25, -0.2) is 0 Å². The van der Waals surface area contributed by atoms with Crippen LogP contribution in [0.5, 0.6) is 5.75 Å². The Bertz CT molecular complexity index is 494. The average Bonchev–Trinajstić information content (AvgIpc) is 2.88. The Morgan fingerprint density at radius 3 is 3.00 bits per heavy atom. The SMILES string of the molecule is CCCNCc1ccc(-c2cncc(OC)c2)o1. The van der Waals surface area contributed by atoms with Crippen LogP contribution >= 0.6 is 0 Å². The van der Waals surface area contributed by atoms with E-state index in [9.17, 15) is 0 Å². The van der Waals surface area contributed by atoms with Crippen LogP contribution in [0.15, 0.2) is 35.0 Å². The van der Waals surface area contributed by atoms with Gasteiger partial charge in [-0.05, 0) is 31.2 Å². The summed E-state index contributed by atoms with van der Waals surface area (Å²) in [6.07, 6.45) is 4.56. The van der Waals surface area contributed by atoms with E-state index in [1.165, 1.54) is 0 Å². The number of ether oxygens (including phenoxy) is 1. The maximum Gasteiger partial charge on any atom is 0.137 e. The minimum atomic E-state index is 0.731. The Morgan fingerprint density at radius 1 is 1.33 bits per heavy atom. The number of rotatable bonds is 6. The highest BCUT2D eigenvalue weighted by molar-refractivity contribution is 5.58. The molecule has 0 saturated heterocycles. The standard InChI is InChI=1S/C14H18N2O2/c1-3-6-15-9-12-4-5-14(18-12)11-7-13(17-2)10-16-8-11/h4-5,7-8,10,15H,3,6,9H2,1-2H3. The molecule has 0 atom stereocenters. The Labute approximate surface area is 107 Å². The van der Waals surface area contributed by atoms with E-state index in [0.29, 0.717) is 0 Å². The zero-order valence-corrected chi connectivity index (χ0v) is 10.8. The Morgan fingerprint density at radius 2 is 2.22 bits per heavy atom. The Balaban J connectivity index is 2.08. The van der Waals surface area contributed by atoms with Crippen LogP contribution in [0.4, 0.5) is 0 Å². The van der Waals surface area contributed by atoms with Crippen LogP contribution in [0.1, 0.15) is 19.1 Å². The van der Waals surface area contributed by atoms with Crippen molar-refractivity contribution in [1.29, 1.82) is 0 Å². The number of nitrogens with one attached hydrogen (secondary N) is 1. The van der Waals surface area contributed by atoms with Crippen LogP contribution in [-0.4, -0.2) is 18.6 Å². The molecule has 1 N–H and O–H groups in total. The molecule has 0 amide bonds. The number of methoxy groups -OCH3 is 1. The fourth-order valence-electron chi connectivity index (χ4n) is 1.68. The number of hydrogen-bond acceptors (Lipinski definition) is 4. The number of furan rings is 1. The molecule has 0 spiro atoms. The van der Waals surface area contributed by atoms with Crippen molar-refractivity contribution in [2.75, 3.05) is 13.7 Å². The van der Waals surface area contributed by atoms with Gasteiger partial charge >= 0.3 is 0 Å². The fourth-order valence-corrected chi connectivity index (χ4v) is 1.68. The van der Waals surface area contributed by atoms with E-state index in [0.717, 1.165) is 42.3 Å². The minimum Gasteiger partial charge on any atom is -0.495 e. The van der Waals surface area contributed by atoms with Crippen molar-refractivity contribution < 1.29 is 9.15 Å². The predicted molar refractivity (Wildman–Crippen MR) is 70.5 cm³/mol. The maximum absolute atomic E-state index is 5.76. The molecule has 0 bridgehead atoms. The minimum absolute atomic E-state index is 0.731. The second-order valence-corrected chi connectivity index (χ2v) is 4.06. The Hall–Kier alpha value is -1.81. The van der Waals surface area contributed by atoms with Gasteiger partial charge in [-0.2, -0.15) is 0 Å². The molecule has 0 fully saturated rings. The maximum atomic E-state index is 5.76. The third-order valence-electron chi connectivity index (χ3n) is 2.62. The van der Waals surface area contributed by atoms with Gasteiger partial charge in [-0.15, -0.1) is 0 Å². The second kappa shape index (κ2) is 6.21. The van der Waals surface area contributed by atoms with Gasteiger partial charge in [0, 0.05) is 11.8 Å². The van der Waals surface area contributed by atoms with E-state index in [4.69, 9.17) is 9.15 Å². The summed E-state index contributed by atoms with van der Waals surface area (Å²) < 4.78 is 10.9. The van der Waals surface area contributed by atoms with Crippen molar-refractivity contribution in [1.82, 2.24) is 10.3 Å². The topological polar surface area (TPSA) is 47.3 Å². The van der Waals surface area contributed by atoms with Crippen molar-refractivity contribution in [3.63, 3.8) is 0 Å². The molecule has 4 nitrogen and oxygen atoms in total. The van der Waals surface area contributed by atoms with Crippen LogP contribution in [0.2, 0.25) is 0 Å². The van der Waals surface area contributed by atoms with Gasteiger partial charge in [0.1, 0.15) is 17.3 Å². The van der Waals surface area contributed by atoms with E-state index in [1.807, 2.05) is 18.2 Å². The molecule has 0 unspecified atom stereocenters. The summed E-state index contributed by atoms with van der Waals surface area (Å²) in [6, 6.07) is 5.85. The second-order valence-electron chi connectivity index (χ2n) is 4.06. The smallest absolute Gasteiger partial charge is 0.137 e. The molecule has 2 aromatic heterocycles. The molecular formula is C14H18N2O2. The highest BCUT2D eigenvalue weighted by Gasteiger charge is 2.06. The summed E-state index contributed by atoms with van der Waals surface area (Å²) in [5.41, 5.74) is 0.927. The van der Waals surface area contributed by atoms with Crippen molar-refractivity contribution in [3.05, 3.63) is 36.4 Å². The van der Waals surface area contributed by atoms with Crippen LogP contribution in [0, 0.1) is 0 Å². The zero-order chi connectivity index (χ0) is 12.8. The number of nitrogens with zero attached hydrogens (tertiary/aromatic N) is 1. The first-order valence-corrected chi connectivity index (χ1v) is 6.12. The molecule has 0 aliphatic rings. The Kier molecular flexibility index (Phi) is 4.36. The van der Waals surface area contributed by atoms with Gasteiger partial charge in [0.05, 0.1) is 19.9 Å². The van der Waals surface area contributed by atoms with E-state index >= 15 is 0 Å². The summed E-state index contributed by atoms with van der Waals surface area (Å²) in [7, 11) is 1.63. The molecule has 18 heavy (non-hydrogen) atoms. The van der Waals surface area contributed by atoms with Crippen LogP contribution in [0.3, 0.4) is 0 Å². The van der Waals surface area contributed by atoms with Gasteiger partial charge in [0.25, 0.3) is 0 Å². The highest BCUT2D eigenvalue weighted by Crippen LogP contribution is 2.24. The molecule has 0 aromatic carbocycles. The molecule has 0 radical (unpaired) electrons. The summed E-state index contributed by atoms with van der Waals surface area (Å²) >= 11 is 0. The molecule has 2 aromatic rings. The highest BCUT2D eigenvalue weighted by atomic mass is 16.5. The van der Waals surface area contributed by atoms with Crippen molar-refractivity contribution in [2.24, 2.45) is 0 Å². The molecule has 2 heterocycles. The van der Waals surface area contributed by atoms with Gasteiger partial charge in [0.2, 0.25) is 0 Å². The fraction of sp³-hybridized carbons (Fsp3) is 0.357. The average molecular weight is 246 g/mol. The summed E-state index contributed by atoms with van der Waals surface area (Å²) in [5, 5.41) is 3.30. The van der Waals surface area contributed by atoms with Crippen molar-refractivity contribution >= 4 is 0 Å². The monoisotopic (exact) mass is 246 g/mol. The van der Waals surface area contributed by atoms with E-state index in [2.05, 4.69) is 17.2 Å². The quantitative estimate of drug-likeness (QED) is 0.796. The van der Waals surface area contributed by atoms with Crippen LogP contribution < -0.4 is 10.1 Å². The lowest BCUT2D eigenvalue weighted by Gasteiger charge is -2.01. The molecule has 2 rings (SSSR count). The molecule has 0 saturated carbocycles. The lowest BCUT2D eigenvalue weighted by atomic mass is 10.2. The lowest BCUT2D eigenvalue weighted by Crippen LogP contribution is -2.12. The van der Waals surface area contributed by atoms with Crippen LogP contribution in [0.25, 0.3) is 11.3 Å². The molecule has 0 aliphatic heterocycles. The van der Waals surface area contributed by atoms with E-state index < -0.39 is 0 Å². The van der Waals surface area contributed by atoms with Gasteiger partial charge in [0.15, 0.2) is 0 Å². The van der Waals surface area contributed by atoms with Gasteiger partial charge in [-0.3, -0.25) is 4.98 Å². The zero-order valence-electron chi connectivity index (χ0n) is 10.8. The molecular weight excluding hydrogens is 228 g/mol. The summed E-state index contributed by atoms with van der Waals surface area (Å²) in [6.45, 7) is 3.89. The molecule has 0 aliphatic carbocycles. The first-order valence-electron chi connectivity index (χ1n) is 6.12. The largest absolute Gasteiger partial charge is 0.495 e. The third kappa shape index (κ3) is 3.11. The predicted octanol–water partition coefficient (Wildman–Crippen LogP) is 2.85. The van der Waals surface area contributed by atoms with Crippen LogP contribution in [-0.2, 0) is 6.54 Å². The third-order valence-corrected chi connectivity index (χ3v) is 2.62. The van der Waals surface area contributed by atoms with Gasteiger partial charge in [-0.1, -0.05) is 6.92 Å². The van der Waals surface area contributed by atoms with E-state index in [-0.39, 0.29) is 0 Å². The summed E-state index contributed by atoms with van der Waals surface area (Å²) in [5.74, 6) is 2.48. The van der Waals surface area contributed by atoms with Gasteiger partial charge < -0.3 is 14.5 Å².